The average Bonchev–Trinajstić information content (AvgIpc) is 3.19. The number of aromatic nitrogens is 2. The number of methoxy groups -OCH3 is 1. The first-order chi connectivity index (χ1) is 12.1. The van der Waals surface area contributed by atoms with E-state index in [9.17, 15) is 5.11 Å². The lowest BCUT2D eigenvalue weighted by atomic mass is 9.96. The van der Waals surface area contributed by atoms with Crippen molar-refractivity contribution >= 4 is 23.2 Å². The first kappa shape index (κ1) is 16.3. The molecule has 0 spiro atoms. The Morgan fingerprint density at radius 2 is 1.92 bits per heavy atom. The molecule has 3 aromatic rings. The normalized spacial score (nSPS) is 16.0. The van der Waals surface area contributed by atoms with E-state index in [4.69, 9.17) is 27.9 Å². The van der Waals surface area contributed by atoms with E-state index >= 15 is 0 Å². The molecule has 1 aromatic heterocycles. The SMILES string of the molecule is COc1ccc(-c2cnc3n2CC(c2c(O)ccc(Cl)c2Cl)C3)cc1. The maximum atomic E-state index is 10.3. The highest BCUT2D eigenvalue weighted by molar-refractivity contribution is 6.42. The Morgan fingerprint density at radius 1 is 1.16 bits per heavy atom. The lowest BCUT2D eigenvalue weighted by Crippen LogP contribution is -2.04. The molecule has 6 heteroatoms. The van der Waals surface area contributed by atoms with Crippen LogP contribution in [-0.4, -0.2) is 21.8 Å². The van der Waals surface area contributed by atoms with E-state index in [1.54, 1.807) is 19.2 Å². The first-order valence-corrected chi connectivity index (χ1v) is 8.69. The summed E-state index contributed by atoms with van der Waals surface area (Å²) in [5.41, 5.74) is 2.81. The monoisotopic (exact) mass is 374 g/mol. The highest BCUT2D eigenvalue weighted by atomic mass is 35.5. The van der Waals surface area contributed by atoms with Crippen LogP contribution in [0.4, 0.5) is 0 Å². The van der Waals surface area contributed by atoms with Gasteiger partial charge in [0.2, 0.25) is 0 Å². The van der Waals surface area contributed by atoms with Gasteiger partial charge in [-0.1, -0.05) is 23.2 Å². The zero-order chi connectivity index (χ0) is 17.6. The molecule has 2 aromatic carbocycles. The molecule has 4 nitrogen and oxygen atoms in total. The molecule has 0 fully saturated rings. The highest BCUT2D eigenvalue weighted by Crippen LogP contribution is 2.42. The second-order valence-electron chi connectivity index (χ2n) is 6.09. The van der Waals surface area contributed by atoms with Crippen molar-refractivity contribution in [1.82, 2.24) is 9.55 Å². The van der Waals surface area contributed by atoms with Gasteiger partial charge in [0.05, 0.1) is 29.0 Å². The summed E-state index contributed by atoms with van der Waals surface area (Å²) in [6, 6.07) is 11.1. The van der Waals surface area contributed by atoms with Crippen molar-refractivity contribution in [3.63, 3.8) is 0 Å². The van der Waals surface area contributed by atoms with Crippen LogP contribution in [0.15, 0.2) is 42.6 Å². The molecule has 1 unspecified atom stereocenters. The summed E-state index contributed by atoms with van der Waals surface area (Å²) in [7, 11) is 1.65. The molecule has 1 aliphatic heterocycles. The summed E-state index contributed by atoms with van der Waals surface area (Å²) in [5, 5.41) is 11.1. The van der Waals surface area contributed by atoms with Crippen LogP contribution in [0.2, 0.25) is 10.0 Å². The summed E-state index contributed by atoms with van der Waals surface area (Å²) in [5.74, 6) is 2.02. The van der Waals surface area contributed by atoms with Gasteiger partial charge in [0.25, 0.3) is 0 Å². The Labute approximate surface area is 155 Å². The number of imidazole rings is 1. The van der Waals surface area contributed by atoms with Gasteiger partial charge in [0.1, 0.15) is 17.3 Å². The van der Waals surface area contributed by atoms with E-state index in [1.807, 2.05) is 30.5 Å². The highest BCUT2D eigenvalue weighted by Gasteiger charge is 2.30. The van der Waals surface area contributed by atoms with Gasteiger partial charge in [0.15, 0.2) is 0 Å². The van der Waals surface area contributed by atoms with Gasteiger partial charge < -0.3 is 14.4 Å². The number of phenols is 1. The third-order valence-corrected chi connectivity index (χ3v) is 5.49. The van der Waals surface area contributed by atoms with Crippen molar-refractivity contribution in [3.05, 3.63) is 64.0 Å². The summed E-state index contributed by atoms with van der Waals surface area (Å²) in [4.78, 5) is 4.55. The molecule has 0 bridgehead atoms. The number of aromatic hydroxyl groups is 1. The van der Waals surface area contributed by atoms with Crippen molar-refractivity contribution in [2.45, 2.75) is 18.9 Å². The fourth-order valence-electron chi connectivity index (χ4n) is 3.42. The molecule has 0 saturated carbocycles. The fraction of sp³-hybridized carbons (Fsp3) is 0.211. The van der Waals surface area contributed by atoms with E-state index in [1.165, 1.54) is 0 Å². The predicted molar refractivity (Wildman–Crippen MR) is 98.8 cm³/mol. The van der Waals surface area contributed by atoms with Crippen LogP contribution in [0.1, 0.15) is 17.3 Å². The van der Waals surface area contributed by atoms with Crippen LogP contribution in [0.25, 0.3) is 11.3 Å². The van der Waals surface area contributed by atoms with Crippen LogP contribution in [0.5, 0.6) is 11.5 Å². The zero-order valence-corrected chi connectivity index (χ0v) is 15.1. The molecule has 1 aliphatic rings. The zero-order valence-electron chi connectivity index (χ0n) is 13.5. The number of ether oxygens (including phenoxy) is 1. The van der Waals surface area contributed by atoms with Gasteiger partial charge >= 0.3 is 0 Å². The predicted octanol–water partition coefficient (Wildman–Crippen LogP) is 4.91. The third-order valence-electron chi connectivity index (χ3n) is 4.67. The lowest BCUT2D eigenvalue weighted by molar-refractivity contribution is 0.415. The Balaban J connectivity index is 1.68. The molecule has 1 N–H and O–H groups in total. The number of phenolic OH excluding ortho intramolecular Hbond substituents is 1. The molecule has 0 saturated heterocycles. The number of nitrogens with zero attached hydrogens (tertiary/aromatic N) is 2. The topological polar surface area (TPSA) is 47.3 Å². The van der Waals surface area contributed by atoms with Crippen LogP contribution in [-0.2, 0) is 13.0 Å². The molecule has 25 heavy (non-hydrogen) atoms. The standard InChI is InChI=1S/C19H16Cl2N2O2/c1-25-13-4-2-11(3-5-13)15-9-22-17-8-12(10-23(15)17)18-16(24)7-6-14(20)19(18)21/h2-7,9,12,24H,8,10H2,1H3. The fourth-order valence-corrected chi connectivity index (χ4v) is 3.89. The molecule has 1 atom stereocenters. The Kier molecular flexibility index (Phi) is 4.10. The molecule has 0 radical (unpaired) electrons. The lowest BCUT2D eigenvalue weighted by Gasteiger charge is -2.15. The van der Waals surface area contributed by atoms with Gasteiger partial charge in [-0.15, -0.1) is 0 Å². The van der Waals surface area contributed by atoms with Crippen molar-refractivity contribution in [3.8, 4) is 22.8 Å². The molecule has 128 valence electrons. The van der Waals surface area contributed by atoms with Gasteiger partial charge in [-0.3, -0.25) is 0 Å². The minimum atomic E-state index is 0.0481. The van der Waals surface area contributed by atoms with Gasteiger partial charge in [0, 0.05) is 30.0 Å². The third kappa shape index (κ3) is 2.75. The van der Waals surface area contributed by atoms with Crippen LogP contribution >= 0.6 is 23.2 Å². The number of hydrogen-bond acceptors (Lipinski definition) is 3. The largest absolute Gasteiger partial charge is 0.508 e. The molecular weight excluding hydrogens is 359 g/mol. The van der Waals surface area contributed by atoms with E-state index in [2.05, 4.69) is 9.55 Å². The summed E-state index contributed by atoms with van der Waals surface area (Å²) in [6.07, 6.45) is 2.59. The second kappa shape index (κ2) is 6.28. The van der Waals surface area contributed by atoms with Crippen molar-refractivity contribution in [1.29, 1.82) is 0 Å². The summed E-state index contributed by atoms with van der Waals surface area (Å²) in [6.45, 7) is 0.699. The smallest absolute Gasteiger partial charge is 0.120 e. The van der Waals surface area contributed by atoms with Crippen LogP contribution in [0.3, 0.4) is 0 Å². The average molecular weight is 375 g/mol. The van der Waals surface area contributed by atoms with E-state index in [-0.39, 0.29) is 11.7 Å². The maximum absolute atomic E-state index is 10.3. The number of benzene rings is 2. The Hall–Kier alpha value is -2.17. The first-order valence-electron chi connectivity index (χ1n) is 7.94. The van der Waals surface area contributed by atoms with Crippen molar-refractivity contribution < 1.29 is 9.84 Å². The van der Waals surface area contributed by atoms with Gasteiger partial charge in [-0.05, 0) is 36.4 Å². The number of halogens is 2. The van der Waals surface area contributed by atoms with Crippen LogP contribution in [0, 0.1) is 0 Å². The molecule has 0 amide bonds. The minimum Gasteiger partial charge on any atom is -0.508 e. The Morgan fingerprint density at radius 3 is 2.64 bits per heavy atom. The summed E-state index contributed by atoms with van der Waals surface area (Å²) < 4.78 is 7.38. The van der Waals surface area contributed by atoms with Gasteiger partial charge in [-0.2, -0.15) is 0 Å². The minimum absolute atomic E-state index is 0.0481. The van der Waals surface area contributed by atoms with Crippen LogP contribution < -0.4 is 4.74 Å². The van der Waals surface area contributed by atoms with Crippen molar-refractivity contribution in [2.75, 3.05) is 7.11 Å². The van der Waals surface area contributed by atoms with Gasteiger partial charge in [-0.25, -0.2) is 4.98 Å². The molecule has 0 aliphatic carbocycles. The quantitative estimate of drug-likeness (QED) is 0.708. The number of hydrogen-bond donors (Lipinski definition) is 1. The second-order valence-corrected chi connectivity index (χ2v) is 6.88. The van der Waals surface area contributed by atoms with E-state index in [0.717, 1.165) is 22.8 Å². The van der Waals surface area contributed by atoms with E-state index in [0.29, 0.717) is 28.6 Å². The molecule has 4 rings (SSSR count). The number of rotatable bonds is 3. The summed E-state index contributed by atoms with van der Waals surface area (Å²) >= 11 is 12.5. The van der Waals surface area contributed by atoms with E-state index < -0.39 is 0 Å². The molecular formula is C19H16Cl2N2O2. The van der Waals surface area contributed by atoms with Crippen molar-refractivity contribution in [2.24, 2.45) is 0 Å². The number of fused-ring (bicyclic) bond motifs is 1. The maximum Gasteiger partial charge on any atom is 0.120 e. The molecule has 2 heterocycles. The Bertz CT molecular complexity index is 935.